The van der Waals surface area contributed by atoms with Crippen molar-refractivity contribution in [1.82, 2.24) is 0 Å². The number of rotatable bonds is 83. The first-order valence-electron chi connectivity index (χ1n) is 43.5. The number of carbonyl (C=O) groups is 4. The lowest BCUT2D eigenvalue weighted by molar-refractivity contribution is -0.161. The van der Waals surface area contributed by atoms with E-state index in [1.165, 1.54) is 225 Å². The summed E-state index contributed by atoms with van der Waals surface area (Å²) in [5.74, 6) is -2.20. The van der Waals surface area contributed by atoms with Gasteiger partial charge in [0.2, 0.25) is 0 Å². The molecule has 0 bridgehead atoms. The van der Waals surface area contributed by atoms with Crippen LogP contribution in [0.5, 0.6) is 0 Å². The summed E-state index contributed by atoms with van der Waals surface area (Å²) in [6.45, 7) is 4.89. The van der Waals surface area contributed by atoms with Crippen LogP contribution in [0.25, 0.3) is 0 Å². The van der Waals surface area contributed by atoms with Gasteiger partial charge in [0.05, 0.1) is 26.4 Å². The number of hydrogen-bond donors (Lipinski definition) is 3. The van der Waals surface area contributed by atoms with Crippen molar-refractivity contribution in [2.24, 2.45) is 0 Å². The summed E-state index contributed by atoms with van der Waals surface area (Å²) in [5, 5.41) is 10.7. The Hall–Kier alpha value is -3.24. The first-order valence-corrected chi connectivity index (χ1v) is 46.5. The first-order chi connectivity index (χ1) is 51.7. The monoisotopic (exact) mass is 1540 g/mol. The molecule has 0 aromatic carbocycles. The minimum Gasteiger partial charge on any atom is -0.462 e. The summed E-state index contributed by atoms with van der Waals surface area (Å²) >= 11 is 0. The predicted octanol–water partition coefficient (Wildman–Crippen LogP) is 25.8. The molecule has 0 aromatic heterocycles. The molecular formula is C87H160O17P2. The molecule has 5 atom stereocenters. The van der Waals surface area contributed by atoms with E-state index in [0.29, 0.717) is 32.1 Å². The van der Waals surface area contributed by atoms with E-state index in [1.54, 1.807) is 0 Å². The van der Waals surface area contributed by atoms with Gasteiger partial charge < -0.3 is 33.8 Å². The molecule has 0 saturated carbocycles. The van der Waals surface area contributed by atoms with Gasteiger partial charge in [0, 0.05) is 25.7 Å². The maximum Gasteiger partial charge on any atom is 0.472 e. The Morgan fingerprint density at radius 2 is 0.472 bits per heavy atom. The van der Waals surface area contributed by atoms with Crippen LogP contribution in [0, 0.1) is 0 Å². The second-order valence-electron chi connectivity index (χ2n) is 29.5. The van der Waals surface area contributed by atoms with Crippen LogP contribution in [0.1, 0.15) is 413 Å². The third-order valence-corrected chi connectivity index (χ3v) is 20.9. The molecule has 2 unspecified atom stereocenters. The van der Waals surface area contributed by atoms with Crippen molar-refractivity contribution in [2.45, 2.75) is 431 Å². The largest absolute Gasteiger partial charge is 0.472 e. The third-order valence-electron chi connectivity index (χ3n) is 19.0. The number of hydrogen-bond acceptors (Lipinski definition) is 15. The van der Waals surface area contributed by atoms with E-state index >= 15 is 0 Å². The molecule has 0 amide bonds. The van der Waals surface area contributed by atoms with Gasteiger partial charge in [-0.05, 0) is 89.9 Å². The Kier molecular flexibility index (Phi) is 77.4. The summed E-state index contributed by atoms with van der Waals surface area (Å²) in [6.07, 6.45) is 81.9. The van der Waals surface area contributed by atoms with Crippen molar-refractivity contribution in [3.05, 3.63) is 60.8 Å². The van der Waals surface area contributed by atoms with Crippen molar-refractivity contribution in [2.75, 3.05) is 39.6 Å². The van der Waals surface area contributed by atoms with Crippen LogP contribution in [-0.2, 0) is 65.4 Å². The molecule has 17 nitrogen and oxygen atoms in total. The van der Waals surface area contributed by atoms with E-state index in [2.05, 4.69) is 76.3 Å². The van der Waals surface area contributed by atoms with Gasteiger partial charge in [-0.15, -0.1) is 0 Å². The lowest BCUT2D eigenvalue weighted by Gasteiger charge is -2.21. The minimum absolute atomic E-state index is 0.0245. The molecule has 0 saturated heterocycles. The number of esters is 4. The number of allylic oxidation sites excluding steroid dienone is 10. The Morgan fingerprint density at radius 1 is 0.264 bits per heavy atom. The van der Waals surface area contributed by atoms with Crippen LogP contribution in [0.15, 0.2) is 60.8 Å². The lowest BCUT2D eigenvalue weighted by atomic mass is 10.0. The average Bonchev–Trinajstić information content (AvgIpc) is 0.902. The number of unbranched alkanes of at least 4 members (excludes halogenated alkanes) is 47. The number of aliphatic hydroxyl groups excluding tert-OH is 1. The Morgan fingerprint density at radius 3 is 0.774 bits per heavy atom. The van der Waals surface area contributed by atoms with Crippen molar-refractivity contribution in [1.29, 1.82) is 0 Å². The van der Waals surface area contributed by atoms with E-state index in [-0.39, 0.29) is 25.7 Å². The third kappa shape index (κ3) is 78.9. The topological polar surface area (TPSA) is 237 Å². The van der Waals surface area contributed by atoms with Crippen LogP contribution < -0.4 is 0 Å². The van der Waals surface area contributed by atoms with Crippen molar-refractivity contribution in [3.63, 3.8) is 0 Å². The molecule has 0 spiro atoms. The Bertz CT molecular complexity index is 2240. The maximum atomic E-state index is 13.1. The molecule has 0 rings (SSSR count). The fourth-order valence-electron chi connectivity index (χ4n) is 12.3. The van der Waals surface area contributed by atoms with E-state index in [9.17, 15) is 43.2 Å². The standard InChI is InChI=1S/C87H160O17P2/c1-5-9-13-17-21-25-29-33-37-40-44-47-51-55-59-63-67-71-84(89)97-77-82(103-86(91)73-69-65-61-57-53-49-43-36-32-28-24-20-16-12-8-4)79-101-105(93,94)99-75-81(88)76-100-106(95,96)102-80-83(104-87(92)74-70-66-62-58-54-50-46-42-39-35-31-27-23-19-15-11-7-3)78-98-85(90)72-68-64-60-56-52-48-45-41-38-34-30-26-22-18-14-10-6-2/h23,27,35-36,39,43,46,50,58,62,81-83,88H,5-22,24-26,28-34,37-38,40-42,44-45,47-49,51-57,59-61,63-80H2,1-4H3,(H,93,94)(H,95,96)/b27-23-,39-35-,43-36-,50-46-,62-58-/t81-,82+,83+/m0/s1. The van der Waals surface area contributed by atoms with Crippen LogP contribution >= 0.6 is 15.6 Å². The van der Waals surface area contributed by atoms with Crippen LogP contribution in [0.3, 0.4) is 0 Å². The fraction of sp³-hybridized carbons (Fsp3) is 0.839. The molecule has 0 aliphatic heterocycles. The van der Waals surface area contributed by atoms with Gasteiger partial charge in [-0.25, -0.2) is 9.13 Å². The van der Waals surface area contributed by atoms with E-state index in [1.807, 2.05) is 12.2 Å². The second-order valence-corrected chi connectivity index (χ2v) is 32.4. The smallest absolute Gasteiger partial charge is 0.462 e. The summed E-state index contributed by atoms with van der Waals surface area (Å²) < 4.78 is 68.8. The molecule has 106 heavy (non-hydrogen) atoms. The molecular weight excluding hydrogens is 1380 g/mol. The fourth-order valence-corrected chi connectivity index (χ4v) is 13.9. The van der Waals surface area contributed by atoms with Crippen molar-refractivity contribution in [3.8, 4) is 0 Å². The summed E-state index contributed by atoms with van der Waals surface area (Å²) in [5.41, 5.74) is 0. The van der Waals surface area contributed by atoms with Gasteiger partial charge in [0.1, 0.15) is 19.3 Å². The molecule has 0 aromatic rings. The average molecular weight is 1540 g/mol. The van der Waals surface area contributed by atoms with E-state index in [4.69, 9.17) is 37.0 Å². The number of ether oxygens (including phenoxy) is 4. The molecule has 19 heteroatoms. The van der Waals surface area contributed by atoms with Crippen molar-refractivity contribution >= 4 is 39.5 Å². The van der Waals surface area contributed by atoms with Gasteiger partial charge in [-0.1, -0.05) is 358 Å². The Balaban J connectivity index is 5.37. The van der Waals surface area contributed by atoms with Gasteiger partial charge >= 0.3 is 39.5 Å². The summed E-state index contributed by atoms with van der Waals surface area (Å²) in [7, 11) is -9.97. The zero-order chi connectivity index (χ0) is 77.4. The van der Waals surface area contributed by atoms with Crippen LogP contribution in [-0.4, -0.2) is 96.7 Å². The SMILES string of the molecule is CCCCC/C=C\C/C=C\C/C=C\C/C=C\CCCC(=O)O[C@H](COC(=O)CCCCCCCCCCCCCCCCCCC)COP(=O)(O)OC[C@@H](O)COP(=O)(O)OC[C@@H](COC(=O)CCCCCCCCCCCCCCCCCCC)OC(=O)CCCCCCC/C=C\CCCCCCCC. The molecule has 0 radical (unpaired) electrons. The second kappa shape index (κ2) is 79.8. The van der Waals surface area contributed by atoms with Gasteiger partial charge in [-0.3, -0.25) is 37.3 Å². The van der Waals surface area contributed by atoms with Crippen molar-refractivity contribution < 1.29 is 80.2 Å². The number of phosphoric ester groups is 2. The van der Waals surface area contributed by atoms with Crippen LogP contribution in [0.2, 0.25) is 0 Å². The molecule has 0 aliphatic rings. The molecule has 0 aliphatic carbocycles. The summed E-state index contributed by atoms with van der Waals surface area (Å²) in [6, 6.07) is 0. The van der Waals surface area contributed by atoms with E-state index < -0.39 is 97.5 Å². The predicted molar refractivity (Wildman–Crippen MR) is 437 cm³/mol. The number of aliphatic hydroxyl groups is 1. The van der Waals surface area contributed by atoms with Gasteiger partial charge in [-0.2, -0.15) is 0 Å². The summed E-state index contributed by atoms with van der Waals surface area (Å²) in [4.78, 5) is 73.2. The number of phosphoric acid groups is 2. The quantitative estimate of drug-likeness (QED) is 0.0169. The zero-order valence-electron chi connectivity index (χ0n) is 68.1. The Labute approximate surface area is 648 Å². The normalized spacial score (nSPS) is 14.1. The molecule has 620 valence electrons. The molecule has 3 N–H and O–H groups in total. The maximum absolute atomic E-state index is 13.1. The highest BCUT2D eigenvalue weighted by molar-refractivity contribution is 7.47. The molecule has 0 heterocycles. The first kappa shape index (κ1) is 103. The zero-order valence-corrected chi connectivity index (χ0v) is 69.9. The van der Waals surface area contributed by atoms with Gasteiger partial charge in [0.15, 0.2) is 12.2 Å². The lowest BCUT2D eigenvalue weighted by Crippen LogP contribution is -2.30. The highest BCUT2D eigenvalue weighted by Crippen LogP contribution is 2.45. The van der Waals surface area contributed by atoms with Crippen LogP contribution in [0.4, 0.5) is 0 Å². The highest BCUT2D eigenvalue weighted by atomic mass is 31.2. The number of carbonyl (C=O) groups excluding carboxylic acids is 4. The highest BCUT2D eigenvalue weighted by Gasteiger charge is 2.30. The van der Waals surface area contributed by atoms with Gasteiger partial charge in [0.25, 0.3) is 0 Å². The van der Waals surface area contributed by atoms with E-state index in [0.717, 1.165) is 103 Å². The minimum atomic E-state index is -4.99. The molecule has 0 fully saturated rings.